The molecule has 18 heavy (non-hydrogen) atoms. The molecule has 0 bridgehead atoms. The Bertz CT molecular complexity index is 433. The minimum Gasteiger partial charge on any atom is -0.352 e. The number of nitrogens with two attached hydrogens (primary N) is 1. The van der Waals surface area contributed by atoms with Crippen LogP contribution in [0.5, 0.6) is 0 Å². The predicted molar refractivity (Wildman–Crippen MR) is 69.0 cm³/mol. The topological polar surface area (TPSA) is 92.5 Å². The van der Waals surface area contributed by atoms with E-state index in [2.05, 4.69) is 11.2 Å². The fourth-order valence-electron chi connectivity index (χ4n) is 1.86. The van der Waals surface area contributed by atoms with Crippen molar-refractivity contribution in [2.24, 2.45) is 5.73 Å². The maximum atomic E-state index is 11.6. The van der Waals surface area contributed by atoms with Gasteiger partial charge < -0.3 is 11.1 Å². The highest BCUT2D eigenvalue weighted by atomic mass is 32.2. The van der Waals surface area contributed by atoms with Crippen molar-refractivity contribution in [3.63, 3.8) is 0 Å². The maximum Gasteiger partial charge on any atom is 0.238 e. The number of sulfonamides is 1. The summed E-state index contributed by atoms with van der Waals surface area (Å²) in [6.45, 7) is 0.850. The number of hydrogen-bond acceptors (Lipinski definition) is 4. The van der Waals surface area contributed by atoms with Crippen LogP contribution in [0, 0.1) is 12.3 Å². The van der Waals surface area contributed by atoms with Crippen molar-refractivity contribution >= 4 is 15.9 Å². The molecule has 1 heterocycles. The average Bonchev–Trinajstić information content (AvgIpc) is 2.28. The van der Waals surface area contributed by atoms with Gasteiger partial charge in [0, 0.05) is 25.6 Å². The molecule has 1 unspecified atom stereocenters. The van der Waals surface area contributed by atoms with E-state index in [4.69, 9.17) is 12.2 Å². The quantitative estimate of drug-likeness (QED) is 0.634. The normalized spacial score (nSPS) is 20.1. The molecule has 102 valence electrons. The lowest BCUT2D eigenvalue weighted by Gasteiger charge is -2.31. The Morgan fingerprint density at radius 3 is 2.56 bits per heavy atom. The van der Waals surface area contributed by atoms with E-state index in [1.54, 1.807) is 0 Å². The summed E-state index contributed by atoms with van der Waals surface area (Å²) in [5.41, 5.74) is 5.58. The third-order valence-electron chi connectivity index (χ3n) is 2.94. The summed E-state index contributed by atoms with van der Waals surface area (Å²) in [6.07, 6.45) is 7.67. The first-order chi connectivity index (χ1) is 8.34. The van der Waals surface area contributed by atoms with Crippen LogP contribution >= 0.6 is 0 Å². The molecule has 1 aliphatic rings. The molecule has 1 amide bonds. The first-order valence-electron chi connectivity index (χ1n) is 5.79. The molecular formula is C11H19N3O3S. The number of nitrogens with zero attached hydrogens (tertiary/aromatic N) is 1. The second kappa shape index (κ2) is 6.18. The minimum atomic E-state index is -3.13. The molecule has 1 fully saturated rings. The Balaban J connectivity index is 2.41. The molecule has 1 rings (SSSR count). The predicted octanol–water partition coefficient (Wildman–Crippen LogP) is -1.12. The third-order valence-corrected chi connectivity index (χ3v) is 4.25. The van der Waals surface area contributed by atoms with Crippen LogP contribution in [-0.4, -0.2) is 50.1 Å². The van der Waals surface area contributed by atoms with E-state index in [1.807, 2.05) is 0 Å². The molecule has 0 saturated carbocycles. The van der Waals surface area contributed by atoms with Crippen molar-refractivity contribution in [1.82, 2.24) is 9.62 Å². The number of amides is 1. The molecule has 6 nitrogen and oxygen atoms in total. The van der Waals surface area contributed by atoms with Crippen LogP contribution in [0.2, 0.25) is 0 Å². The second-order valence-electron chi connectivity index (χ2n) is 4.46. The van der Waals surface area contributed by atoms with E-state index in [1.165, 1.54) is 10.6 Å². The molecule has 0 aromatic carbocycles. The molecule has 1 atom stereocenters. The largest absolute Gasteiger partial charge is 0.352 e. The van der Waals surface area contributed by atoms with Crippen LogP contribution in [0.4, 0.5) is 0 Å². The number of terminal acetylenes is 1. The van der Waals surface area contributed by atoms with Gasteiger partial charge in [0.2, 0.25) is 15.9 Å². The maximum absolute atomic E-state index is 11.6. The van der Waals surface area contributed by atoms with Gasteiger partial charge in [0.15, 0.2) is 0 Å². The van der Waals surface area contributed by atoms with Gasteiger partial charge in [-0.15, -0.1) is 12.3 Å². The minimum absolute atomic E-state index is 0.0284. The molecule has 0 spiro atoms. The number of nitrogens with one attached hydrogen (secondary N) is 1. The summed E-state index contributed by atoms with van der Waals surface area (Å²) >= 11 is 0. The van der Waals surface area contributed by atoms with Crippen molar-refractivity contribution < 1.29 is 13.2 Å². The van der Waals surface area contributed by atoms with Gasteiger partial charge in [-0.3, -0.25) is 4.79 Å². The molecule has 3 N–H and O–H groups in total. The first kappa shape index (κ1) is 15.0. The van der Waals surface area contributed by atoms with E-state index in [-0.39, 0.29) is 18.4 Å². The molecule has 0 aromatic heterocycles. The Kier molecular flexibility index (Phi) is 5.14. The highest BCUT2D eigenvalue weighted by Gasteiger charge is 2.26. The Morgan fingerprint density at radius 1 is 1.56 bits per heavy atom. The number of piperidine rings is 1. The molecule has 1 aliphatic heterocycles. The van der Waals surface area contributed by atoms with Crippen molar-refractivity contribution in [3.05, 3.63) is 0 Å². The number of hydrogen-bond donors (Lipinski definition) is 2. The lowest BCUT2D eigenvalue weighted by molar-refractivity contribution is -0.123. The number of carbonyl (C=O) groups is 1. The highest BCUT2D eigenvalue weighted by molar-refractivity contribution is 7.88. The molecule has 1 saturated heterocycles. The molecular weight excluding hydrogens is 254 g/mol. The van der Waals surface area contributed by atoms with Gasteiger partial charge in [0.1, 0.15) is 0 Å². The van der Waals surface area contributed by atoms with Crippen LogP contribution in [0.3, 0.4) is 0 Å². The molecule has 7 heteroatoms. The van der Waals surface area contributed by atoms with Crippen LogP contribution in [0.1, 0.15) is 19.3 Å². The monoisotopic (exact) mass is 273 g/mol. The van der Waals surface area contributed by atoms with Crippen molar-refractivity contribution in [2.75, 3.05) is 19.3 Å². The molecule has 0 aromatic rings. The van der Waals surface area contributed by atoms with E-state index in [0.29, 0.717) is 25.9 Å². The van der Waals surface area contributed by atoms with Crippen molar-refractivity contribution in [3.8, 4) is 12.3 Å². The van der Waals surface area contributed by atoms with Gasteiger partial charge >= 0.3 is 0 Å². The van der Waals surface area contributed by atoms with Crippen LogP contribution in [0.25, 0.3) is 0 Å². The smallest absolute Gasteiger partial charge is 0.238 e. The zero-order chi connectivity index (χ0) is 13.8. The summed E-state index contributed by atoms with van der Waals surface area (Å²) in [5.74, 6) is 2.07. The van der Waals surface area contributed by atoms with Crippen LogP contribution in [-0.2, 0) is 14.8 Å². The van der Waals surface area contributed by atoms with Gasteiger partial charge in [-0.1, -0.05) is 0 Å². The van der Waals surface area contributed by atoms with E-state index in [9.17, 15) is 13.2 Å². The van der Waals surface area contributed by atoms with Gasteiger partial charge in [0.25, 0.3) is 0 Å². The lowest BCUT2D eigenvalue weighted by atomic mass is 10.1. The lowest BCUT2D eigenvalue weighted by Crippen LogP contribution is -2.50. The molecule has 0 radical (unpaired) electrons. The fourth-order valence-corrected chi connectivity index (χ4v) is 2.73. The van der Waals surface area contributed by atoms with Gasteiger partial charge in [0.05, 0.1) is 12.3 Å². The Morgan fingerprint density at radius 2 is 2.11 bits per heavy atom. The fraction of sp³-hybridized carbons (Fsp3) is 0.727. The van der Waals surface area contributed by atoms with Crippen LogP contribution < -0.4 is 11.1 Å². The Hall–Kier alpha value is -1.10. The Labute approximate surface area is 108 Å². The zero-order valence-corrected chi connectivity index (χ0v) is 11.2. The van der Waals surface area contributed by atoms with E-state index >= 15 is 0 Å². The summed E-state index contributed by atoms with van der Waals surface area (Å²) < 4.78 is 24.0. The zero-order valence-electron chi connectivity index (χ0n) is 10.4. The summed E-state index contributed by atoms with van der Waals surface area (Å²) in [7, 11) is -3.13. The SMILES string of the molecule is C#CCC(N)C(=O)NC1CCN(S(C)(=O)=O)CC1. The highest BCUT2D eigenvalue weighted by Crippen LogP contribution is 2.13. The van der Waals surface area contributed by atoms with Gasteiger partial charge in [-0.05, 0) is 12.8 Å². The standard InChI is InChI=1S/C11H19N3O3S/c1-3-4-10(12)11(15)13-9-5-7-14(8-6-9)18(2,16)17/h1,9-10H,4-8,12H2,2H3,(H,13,15). The second-order valence-corrected chi connectivity index (χ2v) is 6.44. The van der Waals surface area contributed by atoms with Crippen molar-refractivity contribution in [2.45, 2.75) is 31.3 Å². The van der Waals surface area contributed by atoms with E-state index < -0.39 is 16.1 Å². The summed E-state index contributed by atoms with van der Waals surface area (Å²) in [4.78, 5) is 11.6. The number of carbonyl (C=O) groups excluding carboxylic acids is 1. The van der Waals surface area contributed by atoms with E-state index in [0.717, 1.165) is 0 Å². The van der Waals surface area contributed by atoms with Crippen molar-refractivity contribution in [1.29, 1.82) is 0 Å². The van der Waals surface area contributed by atoms with Crippen LogP contribution in [0.15, 0.2) is 0 Å². The third kappa shape index (κ3) is 4.29. The van der Waals surface area contributed by atoms with Gasteiger partial charge in [-0.2, -0.15) is 0 Å². The summed E-state index contributed by atoms with van der Waals surface area (Å²) in [6, 6.07) is -0.720. The molecule has 0 aliphatic carbocycles. The van der Waals surface area contributed by atoms with Gasteiger partial charge in [-0.25, -0.2) is 12.7 Å². The summed E-state index contributed by atoms with van der Waals surface area (Å²) in [5, 5.41) is 2.79. The first-order valence-corrected chi connectivity index (χ1v) is 7.64. The number of rotatable bonds is 4. The average molecular weight is 273 g/mol.